The highest BCUT2D eigenvalue weighted by Crippen LogP contribution is 2.09. The summed E-state index contributed by atoms with van der Waals surface area (Å²) in [7, 11) is 0. The molecule has 0 aromatic rings. The first-order chi connectivity index (χ1) is 5.31. The zero-order valence-electron chi connectivity index (χ0n) is 8.02. The number of rotatable bonds is 7. The molecule has 0 saturated heterocycles. The van der Waals surface area contributed by atoms with Crippen LogP contribution < -0.4 is 5.32 Å². The van der Waals surface area contributed by atoms with Crippen molar-refractivity contribution in [2.75, 3.05) is 25.1 Å². The van der Waals surface area contributed by atoms with Crippen molar-refractivity contribution in [2.24, 2.45) is 5.92 Å². The predicted molar refractivity (Wildman–Crippen MR) is 55.3 cm³/mol. The molecule has 0 bridgehead atoms. The molecule has 1 nitrogen and oxygen atoms in total. The molecular formula is C9H21NS. The third kappa shape index (κ3) is 8.21. The standard InChI is InChI=1S/C9H21NS/c1-4-10-7-5-9(2)6-8-11-3/h9-10H,4-8H2,1-3H3. The van der Waals surface area contributed by atoms with Gasteiger partial charge < -0.3 is 5.32 Å². The lowest BCUT2D eigenvalue weighted by molar-refractivity contribution is 0.496. The van der Waals surface area contributed by atoms with E-state index in [1.165, 1.54) is 25.1 Å². The molecule has 0 spiro atoms. The van der Waals surface area contributed by atoms with Gasteiger partial charge in [-0.1, -0.05) is 13.8 Å². The summed E-state index contributed by atoms with van der Waals surface area (Å²) in [5.41, 5.74) is 0. The molecule has 0 aromatic heterocycles. The third-order valence-corrected chi connectivity index (χ3v) is 2.52. The Balaban J connectivity index is 3.02. The van der Waals surface area contributed by atoms with Crippen LogP contribution in [0.25, 0.3) is 0 Å². The molecular weight excluding hydrogens is 154 g/mol. The summed E-state index contributed by atoms with van der Waals surface area (Å²) >= 11 is 1.95. The van der Waals surface area contributed by atoms with Crippen molar-refractivity contribution >= 4 is 11.8 Å². The van der Waals surface area contributed by atoms with Crippen LogP contribution in [-0.4, -0.2) is 25.1 Å². The summed E-state index contributed by atoms with van der Waals surface area (Å²) in [5.74, 6) is 2.20. The van der Waals surface area contributed by atoms with Crippen molar-refractivity contribution in [3.63, 3.8) is 0 Å². The normalized spacial score (nSPS) is 13.4. The van der Waals surface area contributed by atoms with Gasteiger partial charge in [0.2, 0.25) is 0 Å². The lowest BCUT2D eigenvalue weighted by Gasteiger charge is -2.09. The predicted octanol–water partition coefficient (Wildman–Crippen LogP) is 2.38. The topological polar surface area (TPSA) is 12.0 Å². The third-order valence-electron chi connectivity index (χ3n) is 1.88. The summed E-state index contributed by atoms with van der Waals surface area (Å²) in [6.07, 6.45) is 4.87. The van der Waals surface area contributed by atoms with Gasteiger partial charge in [-0.25, -0.2) is 0 Å². The molecule has 0 radical (unpaired) electrons. The average molecular weight is 175 g/mol. The van der Waals surface area contributed by atoms with Gasteiger partial charge in [-0.2, -0.15) is 11.8 Å². The molecule has 0 heterocycles. The lowest BCUT2D eigenvalue weighted by atomic mass is 10.1. The van der Waals surface area contributed by atoms with Gasteiger partial charge in [0, 0.05) is 0 Å². The Hall–Kier alpha value is 0.310. The van der Waals surface area contributed by atoms with E-state index >= 15 is 0 Å². The maximum Gasteiger partial charge on any atom is -0.00465 e. The average Bonchev–Trinajstić information content (AvgIpc) is 2.01. The molecule has 0 aromatic carbocycles. The summed E-state index contributed by atoms with van der Waals surface area (Å²) in [6.45, 7) is 6.79. The lowest BCUT2D eigenvalue weighted by Crippen LogP contribution is -2.16. The Morgan fingerprint density at radius 1 is 1.36 bits per heavy atom. The first-order valence-corrected chi connectivity index (χ1v) is 5.90. The van der Waals surface area contributed by atoms with Crippen LogP contribution in [0, 0.1) is 5.92 Å². The van der Waals surface area contributed by atoms with E-state index in [9.17, 15) is 0 Å². The number of hydrogen-bond acceptors (Lipinski definition) is 2. The Labute approximate surface area is 75.3 Å². The van der Waals surface area contributed by atoms with Crippen molar-refractivity contribution in [3.8, 4) is 0 Å². The SMILES string of the molecule is CCNCCC(C)CCSC. The van der Waals surface area contributed by atoms with Gasteiger partial charge in [-0.05, 0) is 43.9 Å². The highest BCUT2D eigenvalue weighted by atomic mass is 32.2. The second-order valence-corrected chi connectivity index (χ2v) is 4.01. The highest BCUT2D eigenvalue weighted by Gasteiger charge is 1.99. The van der Waals surface area contributed by atoms with Crippen molar-refractivity contribution < 1.29 is 0 Å². The van der Waals surface area contributed by atoms with Gasteiger partial charge in [0.15, 0.2) is 0 Å². The maximum atomic E-state index is 3.35. The van der Waals surface area contributed by atoms with E-state index in [2.05, 4.69) is 25.4 Å². The van der Waals surface area contributed by atoms with Crippen molar-refractivity contribution in [1.29, 1.82) is 0 Å². The minimum absolute atomic E-state index is 0.890. The first kappa shape index (κ1) is 11.3. The van der Waals surface area contributed by atoms with Crippen LogP contribution in [-0.2, 0) is 0 Å². The minimum atomic E-state index is 0.890. The Morgan fingerprint density at radius 3 is 2.64 bits per heavy atom. The summed E-state index contributed by atoms with van der Waals surface area (Å²) in [4.78, 5) is 0. The van der Waals surface area contributed by atoms with Crippen LogP contribution in [0.2, 0.25) is 0 Å². The van der Waals surface area contributed by atoms with Gasteiger partial charge in [0.25, 0.3) is 0 Å². The number of nitrogens with one attached hydrogen (secondary N) is 1. The van der Waals surface area contributed by atoms with E-state index in [1.54, 1.807) is 0 Å². The molecule has 0 aliphatic carbocycles. The quantitative estimate of drug-likeness (QED) is 0.596. The molecule has 68 valence electrons. The van der Waals surface area contributed by atoms with Crippen LogP contribution in [0.5, 0.6) is 0 Å². The monoisotopic (exact) mass is 175 g/mol. The minimum Gasteiger partial charge on any atom is -0.317 e. The van der Waals surface area contributed by atoms with E-state index in [1.807, 2.05) is 11.8 Å². The van der Waals surface area contributed by atoms with Gasteiger partial charge in [-0.15, -0.1) is 0 Å². The number of thioether (sulfide) groups is 1. The van der Waals surface area contributed by atoms with Crippen LogP contribution in [0.15, 0.2) is 0 Å². The molecule has 1 N–H and O–H groups in total. The summed E-state index contributed by atoms with van der Waals surface area (Å²) in [6, 6.07) is 0. The second kappa shape index (κ2) is 8.41. The van der Waals surface area contributed by atoms with Crippen molar-refractivity contribution in [3.05, 3.63) is 0 Å². The fourth-order valence-electron chi connectivity index (χ4n) is 0.989. The first-order valence-electron chi connectivity index (χ1n) is 4.50. The van der Waals surface area contributed by atoms with E-state index in [-0.39, 0.29) is 0 Å². The fraction of sp³-hybridized carbons (Fsp3) is 1.00. The Morgan fingerprint density at radius 2 is 2.09 bits per heavy atom. The van der Waals surface area contributed by atoms with Crippen molar-refractivity contribution in [1.82, 2.24) is 5.32 Å². The van der Waals surface area contributed by atoms with Crippen LogP contribution in [0.3, 0.4) is 0 Å². The molecule has 1 unspecified atom stereocenters. The largest absolute Gasteiger partial charge is 0.317 e. The van der Waals surface area contributed by atoms with Gasteiger partial charge in [-0.3, -0.25) is 0 Å². The molecule has 0 rings (SSSR count). The van der Waals surface area contributed by atoms with E-state index in [4.69, 9.17) is 0 Å². The molecule has 1 atom stereocenters. The Kier molecular flexibility index (Phi) is 8.64. The van der Waals surface area contributed by atoms with Crippen LogP contribution in [0.1, 0.15) is 26.7 Å². The number of hydrogen-bond donors (Lipinski definition) is 1. The molecule has 0 aliphatic rings. The fourth-order valence-corrected chi connectivity index (χ4v) is 1.63. The highest BCUT2D eigenvalue weighted by molar-refractivity contribution is 7.98. The zero-order valence-corrected chi connectivity index (χ0v) is 8.84. The van der Waals surface area contributed by atoms with Gasteiger partial charge in [0.1, 0.15) is 0 Å². The molecule has 0 amide bonds. The molecule has 0 aliphatic heterocycles. The smallest absolute Gasteiger partial charge is 0.00465 e. The maximum absolute atomic E-state index is 3.35. The zero-order chi connectivity index (χ0) is 8.53. The van der Waals surface area contributed by atoms with Gasteiger partial charge >= 0.3 is 0 Å². The second-order valence-electron chi connectivity index (χ2n) is 3.03. The summed E-state index contributed by atoms with van der Waals surface area (Å²) in [5, 5.41) is 3.35. The van der Waals surface area contributed by atoms with E-state index in [0.29, 0.717) is 0 Å². The molecule has 0 saturated carbocycles. The van der Waals surface area contributed by atoms with Crippen molar-refractivity contribution in [2.45, 2.75) is 26.7 Å². The van der Waals surface area contributed by atoms with E-state index < -0.39 is 0 Å². The molecule has 0 fully saturated rings. The van der Waals surface area contributed by atoms with Gasteiger partial charge in [0.05, 0.1) is 0 Å². The van der Waals surface area contributed by atoms with Crippen LogP contribution >= 0.6 is 11.8 Å². The van der Waals surface area contributed by atoms with E-state index in [0.717, 1.165) is 12.5 Å². The Bertz CT molecular complexity index is 76.0. The molecule has 11 heavy (non-hydrogen) atoms. The summed E-state index contributed by atoms with van der Waals surface area (Å²) < 4.78 is 0. The molecule has 2 heteroatoms. The van der Waals surface area contributed by atoms with Crippen LogP contribution in [0.4, 0.5) is 0 Å².